The molecular formula is C11H13NO4. The molecule has 0 aliphatic rings. The van der Waals surface area contributed by atoms with Gasteiger partial charge in [-0.25, -0.2) is 4.79 Å². The number of benzene rings is 1. The quantitative estimate of drug-likeness (QED) is 0.582. The summed E-state index contributed by atoms with van der Waals surface area (Å²) in [7, 11) is 0. The number of carbonyl (C=O) groups excluding carboxylic acids is 1. The maximum absolute atomic E-state index is 10.6. The molecule has 1 aromatic carbocycles. The minimum absolute atomic E-state index is 0.241. The maximum Gasteiger partial charge on any atom is 0.335 e. The van der Waals surface area contributed by atoms with Crippen LogP contribution < -0.4 is 5.32 Å². The molecule has 0 saturated heterocycles. The largest absolute Gasteiger partial charge is 0.478 e. The van der Waals surface area contributed by atoms with Crippen LogP contribution in [-0.2, 0) is 9.53 Å². The summed E-state index contributed by atoms with van der Waals surface area (Å²) in [4.78, 5) is 21.0. The molecule has 1 aromatic rings. The molecule has 0 heterocycles. The smallest absolute Gasteiger partial charge is 0.335 e. The normalized spacial score (nSPS) is 9.56. The molecule has 0 amide bonds. The molecule has 0 saturated carbocycles. The molecular weight excluding hydrogens is 210 g/mol. The van der Waals surface area contributed by atoms with Gasteiger partial charge in [0.25, 0.3) is 0 Å². The summed E-state index contributed by atoms with van der Waals surface area (Å²) >= 11 is 0. The number of ether oxygens (including phenoxy) is 1. The predicted molar refractivity (Wildman–Crippen MR) is 58.5 cm³/mol. The number of nitrogens with one attached hydrogen (secondary N) is 1. The lowest BCUT2D eigenvalue weighted by atomic mass is 10.2. The van der Waals surface area contributed by atoms with Gasteiger partial charge in [-0.2, -0.15) is 0 Å². The first-order chi connectivity index (χ1) is 7.59. The van der Waals surface area contributed by atoms with E-state index in [2.05, 4.69) is 5.32 Å². The molecule has 2 N–H and O–H groups in total. The average molecular weight is 223 g/mol. The van der Waals surface area contributed by atoms with E-state index in [4.69, 9.17) is 9.84 Å². The number of carboxylic acids is 1. The van der Waals surface area contributed by atoms with Crippen molar-refractivity contribution >= 4 is 17.6 Å². The number of esters is 1. The van der Waals surface area contributed by atoms with Gasteiger partial charge in [-0.15, -0.1) is 0 Å². The Labute approximate surface area is 93.0 Å². The first kappa shape index (κ1) is 12.0. The second kappa shape index (κ2) is 5.75. The predicted octanol–water partition coefficient (Wildman–Crippen LogP) is 1.36. The second-order valence-corrected chi connectivity index (χ2v) is 3.15. The van der Waals surface area contributed by atoms with Crippen LogP contribution in [0.4, 0.5) is 5.69 Å². The van der Waals surface area contributed by atoms with Gasteiger partial charge in [0.05, 0.1) is 5.56 Å². The van der Waals surface area contributed by atoms with Gasteiger partial charge in [0.15, 0.2) is 0 Å². The Bertz CT molecular complexity index is 372. The van der Waals surface area contributed by atoms with Gasteiger partial charge in [0.2, 0.25) is 0 Å². The Morgan fingerprint density at radius 3 is 2.44 bits per heavy atom. The van der Waals surface area contributed by atoms with Crippen molar-refractivity contribution in [2.75, 3.05) is 18.5 Å². The van der Waals surface area contributed by atoms with E-state index in [1.807, 2.05) is 0 Å². The zero-order valence-electron chi connectivity index (χ0n) is 8.90. The minimum Gasteiger partial charge on any atom is -0.478 e. The molecule has 0 radical (unpaired) electrons. The van der Waals surface area contributed by atoms with Gasteiger partial charge in [-0.3, -0.25) is 4.79 Å². The molecule has 0 aromatic heterocycles. The van der Waals surface area contributed by atoms with Crippen LogP contribution >= 0.6 is 0 Å². The zero-order chi connectivity index (χ0) is 12.0. The summed E-state index contributed by atoms with van der Waals surface area (Å²) in [6.45, 7) is 2.13. The molecule has 16 heavy (non-hydrogen) atoms. The standard InChI is InChI=1S/C11H13NO4/c1-8(13)16-7-6-12-10-4-2-9(3-5-10)11(14)15/h2-5,12H,6-7H2,1H3,(H,14,15). The summed E-state index contributed by atoms with van der Waals surface area (Å²) in [5.74, 6) is -1.27. The van der Waals surface area contributed by atoms with Crippen molar-refractivity contribution in [3.05, 3.63) is 29.8 Å². The molecule has 86 valence electrons. The number of carbonyl (C=O) groups is 2. The molecule has 0 aliphatic carbocycles. The van der Waals surface area contributed by atoms with Crippen molar-refractivity contribution < 1.29 is 19.4 Å². The van der Waals surface area contributed by atoms with Crippen LogP contribution in [0.3, 0.4) is 0 Å². The lowest BCUT2D eigenvalue weighted by molar-refractivity contribution is -0.140. The highest BCUT2D eigenvalue weighted by atomic mass is 16.5. The molecule has 0 bridgehead atoms. The number of rotatable bonds is 5. The van der Waals surface area contributed by atoms with Crippen molar-refractivity contribution in [1.29, 1.82) is 0 Å². The van der Waals surface area contributed by atoms with E-state index in [0.717, 1.165) is 5.69 Å². The van der Waals surface area contributed by atoms with E-state index in [9.17, 15) is 9.59 Å². The molecule has 5 nitrogen and oxygen atoms in total. The van der Waals surface area contributed by atoms with Crippen molar-refractivity contribution in [3.8, 4) is 0 Å². The highest BCUT2D eigenvalue weighted by Crippen LogP contribution is 2.08. The summed E-state index contributed by atoms with van der Waals surface area (Å²) < 4.78 is 4.73. The third kappa shape index (κ3) is 4.00. The Balaban J connectivity index is 2.38. The van der Waals surface area contributed by atoms with Crippen molar-refractivity contribution in [2.45, 2.75) is 6.92 Å². The van der Waals surface area contributed by atoms with E-state index in [1.54, 1.807) is 12.1 Å². The monoisotopic (exact) mass is 223 g/mol. The van der Waals surface area contributed by atoms with Gasteiger partial charge in [0, 0.05) is 19.2 Å². The first-order valence-electron chi connectivity index (χ1n) is 4.80. The molecule has 0 fully saturated rings. The van der Waals surface area contributed by atoms with Crippen molar-refractivity contribution in [2.24, 2.45) is 0 Å². The van der Waals surface area contributed by atoms with Crippen LogP contribution in [0.15, 0.2) is 24.3 Å². The lowest BCUT2D eigenvalue weighted by Crippen LogP contribution is -2.11. The Morgan fingerprint density at radius 2 is 1.94 bits per heavy atom. The summed E-state index contributed by atoms with van der Waals surface area (Å²) in [5.41, 5.74) is 1.03. The fourth-order valence-electron chi connectivity index (χ4n) is 1.12. The van der Waals surface area contributed by atoms with Crippen LogP contribution in [0.25, 0.3) is 0 Å². The minimum atomic E-state index is -0.952. The van der Waals surface area contributed by atoms with Crippen LogP contribution in [-0.4, -0.2) is 30.2 Å². The SMILES string of the molecule is CC(=O)OCCNc1ccc(C(=O)O)cc1. The van der Waals surface area contributed by atoms with Gasteiger partial charge in [-0.05, 0) is 24.3 Å². The molecule has 5 heteroatoms. The van der Waals surface area contributed by atoms with E-state index in [-0.39, 0.29) is 18.1 Å². The van der Waals surface area contributed by atoms with Gasteiger partial charge in [0.1, 0.15) is 6.61 Å². The summed E-state index contributed by atoms with van der Waals surface area (Å²) in [6, 6.07) is 6.35. The molecule has 0 aliphatic heterocycles. The Hall–Kier alpha value is -2.04. The number of anilines is 1. The molecule has 0 atom stereocenters. The summed E-state index contributed by atoms with van der Waals surface area (Å²) in [6.07, 6.45) is 0. The van der Waals surface area contributed by atoms with Crippen LogP contribution in [0.1, 0.15) is 17.3 Å². The molecule has 1 rings (SSSR count). The van der Waals surface area contributed by atoms with Gasteiger partial charge < -0.3 is 15.2 Å². The van der Waals surface area contributed by atoms with E-state index in [1.165, 1.54) is 19.1 Å². The van der Waals surface area contributed by atoms with Crippen molar-refractivity contribution in [3.63, 3.8) is 0 Å². The zero-order valence-corrected chi connectivity index (χ0v) is 8.90. The van der Waals surface area contributed by atoms with Crippen LogP contribution in [0.5, 0.6) is 0 Å². The fraction of sp³-hybridized carbons (Fsp3) is 0.273. The van der Waals surface area contributed by atoms with Crippen LogP contribution in [0.2, 0.25) is 0 Å². The average Bonchev–Trinajstić information content (AvgIpc) is 2.25. The Kier molecular flexibility index (Phi) is 4.32. The van der Waals surface area contributed by atoms with Crippen molar-refractivity contribution in [1.82, 2.24) is 0 Å². The van der Waals surface area contributed by atoms with Gasteiger partial charge in [-0.1, -0.05) is 0 Å². The number of aromatic carboxylic acids is 1. The van der Waals surface area contributed by atoms with E-state index in [0.29, 0.717) is 6.54 Å². The lowest BCUT2D eigenvalue weighted by Gasteiger charge is -2.06. The second-order valence-electron chi connectivity index (χ2n) is 3.15. The number of carboxylic acid groups (broad SMARTS) is 1. The highest BCUT2D eigenvalue weighted by Gasteiger charge is 2.01. The Morgan fingerprint density at radius 1 is 1.31 bits per heavy atom. The molecule has 0 spiro atoms. The number of hydrogen-bond acceptors (Lipinski definition) is 4. The summed E-state index contributed by atoms with van der Waals surface area (Å²) in [5, 5.41) is 11.7. The van der Waals surface area contributed by atoms with Gasteiger partial charge >= 0.3 is 11.9 Å². The third-order valence-electron chi connectivity index (χ3n) is 1.87. The fourth-order valence-corrected chi connectivity index (χ4v) is 1.12. The highest BCUT2D eigenvalue weighted by molar-refractivity contribution is 5.87. The van der Waals surface area contributed by atoms with E-state index >= 15 is 0 Å². The third-order valence-corrected chi connectivity index (χ3v) is 1.87. The number of hydrogen-bond donors (Lipinski definition) is 2. The first-order valence-corrected chi connectivity index (χ1v) is 4.80. The molecule has 0 unspecified atom stereocenters. The maximum atomic E-state index is 10.6. The van der Waals surface area contributed by atoms with Crippen LogP contribution in [0, 0.1) is 0 Å². The van der Waals surface area contributed by atoms with E-state index < -0.39 is 5.97 Å². The topological polar surface area (TPSA) is 75.6 Å².